The molecule has 0 fully saturated rings. The molecule has 1 aliphatic rings. The summed E-state index contributed by atoms with van der Waals surface area (Å²) in [4.78, 5) is 12.7. The first-order chi connectivity index (χ1) is 10.1. The van der Waals surface area contributed by atoms with Gasteiger partial charge >= 0.3 is 0 Å². The Morgan fingerprint density at radius 3 is 2.43 bits per heavy atom. The average Bonchev–Trinajstić information content (AvgIpc) is 2.54. The second-order valence-corrected chi connectivity index (χ2v) is 5.26. The number of ketones is 1. The first kappa shape index (κ1) is 13.6. The Morgan fingerprint density at radius 2 is 1.71 bits per heavy atom. The molecule has 1 heterocycles. The van der Waals surface area contributed by atoms with E-state index in [9.17, 15) is 4.79 Å². The van der Waals surface area contributed by atoms with Gasteiger partial charge in [-0.15, -0.1) is 0 Å². The Kier molecular flexibility index (Phi) is 3.39. The van der Waals surface area contributed by atoms with Gasteiger partial charge in [-0.25, -0.2) is 0 Å². The molecular weight excluding hydrogens is 266 g/mol. The Hall–Kier alpha value is -2.33. The summed E-state index contributed by atoms with van der Waals surface area (Å²) in [6.45, 7) is 2.74. The number of rotatable bonds is 3. The van der Waals surface area contributed by atoms with Gasteiger partial charge in [0.05, 0.1) is 0 Å². The summed E-state index contributed by atoms with van der Waals surface area (Å²) in [6.07, 6.45) is 0. The maximum atomic E-state index is 12.7. The second kappa shape index (κ2) is 5.22. The van der Waals surface area contributed by atoms with Crippen molar-refractivity contribution >= 4 is 5.78 Å². The van der Waals surface area contributed by atoms with Gasteiger partial charge in [-0.05, 0) is 30.7 Å². The Bertz CT molecular complexity index is 665. The van der Waals surface area contributed by atoms with Gasteiger partial charge in [-0.3, -0.25) is 4.79 Å². The fraction of sp³-hybridized carbons (Fsp3) is 0.235. The molecule has 2 N–H and O–H groups in total. The quantitative estimate of drug-likeness (QED) is 0.879. The number of fused-ring (bicyclic) bond motifs is 1. The zero-order chi connectivity index (χ0) is 14.9. The lowest BCUT2D eigenvalue weighted by Crippen LogP contribution is -2.41. The molecule has 1 unspecified atom stereocenters. The fourth-order valence-corrected chi connectivity index (χ4v) is 2.40. The molecule has 2 aromatic carbocycles. The summed E-state index contributed by atoms with van der Waals surface area (Å²) >= 11 is 0. The Balaban J connectivity index is 1.95. The highest BCUT2D eigenvalue weighted by molar-refractivity contribution is 6.03. The molecule has 0 saturated heterocycles. The number of hydrogen-bond donors (Lipinski definition) is 1. The van der Waals surface area contributed by atoms with Gasteiger partial charge in [-0.2, -0.15) is 0 Å². The zero-order valence-electron chi connectivity index (χ0n) is 11.8. The van der Waals surface area contributed by atoms with Crippen molar-refractivity contribution in [2.45, 2.75) is 12.5 Å². The average molecular weight is 283 g/mol. The third kappa shape index (κ3) is 2.50. The number of ether oxygens (including phenoxy) is 2. The predicted octanol–water partition coefficient (Wildman–Crippen LogP) is 2.51. The Morgan fingerprint density at radius 1 is 1.05 bits per heavy atom. The van der Waals surface area contributed by atoms with Crippen LogP contribution in [0.1, 0.15) is 22.8 Å². The highest BCUT2D eigenvalue weighted by Gasteiger charge is 2.32. The lowest BCUT2D eigenvalue weighted by molar-refractivity contribution is 0.0898. The molecular formula is C17H17NO3. The molecule has 4 heteroatoms. The molecule has 0 bridgehead atoms. The summed E-state index contributed by atoms with van der Waals surface area (Å²) in [5.41, 5.74) is 6.49. The van der Waals surface area contributed by atoms with E-state index in [0.717, 1.165) is 5.56 Å². The maximum absolute atomic E-state index is 12.7. The van der Waals surface area contributed by atoms with E-state index in [2.05, 4.69) is 0 Å². The molecule has 0 amide bonds. The standard InChI is InChI=1S/C17H17NO3/c1-17(18,13-5-3-2-4-6-13)16(19)12-7-8-14-15(11-12)21-10-9-20-14/h2-8,11H,9-10,18H2,1H3. The van der Waals surface area contributed by atoms with Gasteiger partial charge in [0, 0.05) is 5.56 Å². The monoisotopic (exact) mass is 283 g/mol. The number of Topliss-reactive ketones (excluding diaryl/α,β-unsaturated/α-hetero) is 1. The highest BCUT2D eigenvalue weighted by Crippen LogP contribution is 2.32. The first-order valence-electron chi connectivity index (χ1n) is 6.88. The van der Waals surface area contributed by atoms with Gasteiger partial charge in [0.25, 0.3) is 0 Å². The third-order valence-corrected chi connectivity index (χ3v) is 3.65. The zero-order valence-corrected chi connectivity index (χ0v) is 11.8. The van der Waals surface area contributed by atoms with Crippen LogP contribution in [0.5, 0.6) is 11.5 Å². The summed E-state index contributed by atoms with van der Waals surface area (Å²) in [5.74, 6) is 1.11. The van der Waals surface area contributed by atoms with Crippen molar-refractivity contribution in [3.63, 3.8) is 0 Å². The van der Waals surface area contributed by atoms with Gasteiger partial charge < -0.3 is 15.2 Å². The number of hydrogen-bond acceptors (Lipinski definition) is 4. The normalized spacial score (nSPS) is 16.1. The van der Waals surface area contributed by atoms with Crippen molar-refractivity contribution in [2.75, 3.05) is 13.2 Å². The van der Waals surface area contributed by atoms with Crippen molar-refractivity contribution in [3.8, 4) is 11.5 Å². The molecule has 1 atom stereocenters. The third-order valence-electron chi connectivity index (χ3n) is 3.65. The van der Waals surface area contributed by atoms with Crippen LogP contribution in [0.3, 0.4) is 0 Å². The molecule has 21 heavy (non-hydrogen) atoms. The molecule has 0 saturated carbocycles. The number of carbonyl (C=O) groups excluding carboxylic acids is 1. The summed E-state index contributed by atoms with van der Waals surface area (Å²) in [5, 5.41) is 0. The highest BCUT2D eigenvalue weighted by atomic mass is 16.6. The molecule has 2 aromatic rings. The maximum Gasteiger partial charge on any atom is 0.187 e. The van der Waals surface area contributed by atoms with Gasteiger partial charge in [-0.1, -0.05) is 30.3 Å². The van der Waals surface area contributed by atoms with E-state index in [1.807, 2.05) is 30.3 Å². The summed E-state index contributed by atoms with van der Waals surface area (Å²) < 4.78 is 11.0. The van der Waals surface area contributed by atoms with E-state index in [0.29, 0.717) is 30.3 Å². The van der Waals surface area contributed by atoms with Crippen LogP contribution in [0.25, 0.3) is 0 Å². The minimum Gasteiger partial charge on any atom is -0.486 e. The Labute approximate surface area is 123 Å². The topological polar surface area (TPSA) is 61.6 Å². The van der Waals surface area contributed by atoms with Crippen LogP contribution in [0.15, 0.2) is 48.5 Å². The van der Waals surface area contributed by atoms with Crippen LogP contribution in [-0.4, -0.2) is 19.0 Å². The molecule has 4 nitrogen and oxygen atoms in total. The SMILES string of the molecule is CC(N)(C(=O)c1ccc2c(c1)OCCO2)c1ccccc1. The van der Waals surface area contributed by atoms with Crippen molar-refractivity contribution in [2.24, 2.45) is 5.73 Å². The minimum absolute atomic E-state index is 0.148. The molecule has 0 spiro atoms. The summed E-state index contributed by atoms with van der Waals surface area (Å²) in [7, 11) is 0. The first-order valence-corrected chi connectivity index (χ1v) is 6.88. The van der Waals surface area contributed by atoms with Crippen LogP contribution >= 0.6 is 0 Å². The number of carbonyl (C=O) groups is 1. The van der Waals surface area contributed by atoms with Crippen molar-refractivity contribution < 1.29 is 14.3 Å². The lowest BCUT2D eigenvalue weighted by Gasteiger charge is -2.25. The van der Waals surface area contributed by atoms with Crippen molar-refractivity contribution in [3.05, 3.63) is 59.7 Å². The second-order valence-electron chi connectivity index (χ2n) is 5.26. The van der Waals surface area contributed by atoms with E-state index in [1.54, 1.807) is 25.1 Å². The minimum atomic E-state index is -1.08. The number of benzene rings is 2. The van der Waals surface area contributed by atoms with Crippen LogP contribution in [0, 0.1) is 0 Å². The van der Waals surface area contributed by atoms with Gasteiger partial charge in [0.1, 0.15) is 18.8 Å². The van der Waals surface area contributed by atoms with Crippen LogP contribution < -0.4 is 15.2 Å². The van der Waals surface area contributed by atoms with Gasteiger partial charge in [0.15, 0.2) is 17.3 Å². The van der Waals surface area contributed by atoms with E-state index < -0.39 is 5.54 Å². The van der Waals surface area contributed by atoms with Crippen molar-refractivity contribution in [1.82, 2.24) is 0 Å². The molecule has 108 valence electrons. The molecule has 3 rings (SSSR count). The smallest absolute Gasteiger partial charge is 0.187 e. The van der Waals surface area contributed by atoms with E-state index in [1.165, 1.54) is 0 Å². The predicted molar refractivity (Wildman–Crippen MR) is 79.7 cm³/mol. The molecule has 0 aromatic heterocycles. The summed E-state index contributed by atoms with van der Waals surface area (Å²) in [6, 6.07) is 14.5. The van der Waals surface area contributed by atoms with Crippen molar-refractivity contribution in [1.29, 1.82) is 0 Å². The van der Waals surface area contributed by atoms with E-state index >= 15 is 0 Å². The molecule has 1 aliphatic heterocycles. The fourth-order valence-electron chi connectivity index (χ4n) is 2.40. The van der Waals surface area contributed by atoms with Crippen LogP contribution in [0.4, 0.5) is 0 Å². The lowest BCUT2D eigenvalue weighted by atomic mass is 9.85. The largest absolute Gasteiger partial charge is 0.486 e. The molecule has 0 radical (unpaired) electrons. The number of nitrogens with two attached hydrogens (primary N) is 1. The van der Waals surface area contributed by atoms with E-state index in [4.69, 9.17) is 15.2 Å². The molecule has 0 aliphatic carbocycles. The van der Waals surface area contributed by atoms with Crippen LogP contribution in [-0.2, 0) is 5.54 Å². The van der Waals surface area contributed by atoms with E-state index in [-0.39, 0.29) is 5.78 Å². The van der Waals surface area contributed by atoms with Crippen LogP contribution in [0.2, 0.25) is 0 Å². The van der Waals surface area contributed by atoms with Gasteiger partial charge in [0.2, 0.25) is 0 Å².